The Morgan fingerprint density at radius 2 is 1.92 bits per heavy atom. The molecular formula is C20H26N2O4. The fraction of sp³-hybridized carbons (Fsp3) is 0.600. The molecule has 6 nitrogen and oxygen atoms in total. The second-order valence-corrected chi connectivity index (χ2v) is 8.17. The van der Waals surface area contributed by atoms with E-state index in [0.717, 1.165) is 12.0 Å². The zero-order chi connectivity index (χ0) is 18.7. The van der Waals surface area contributed by atoms with Crippen molar-refractivity contribution in [1.82, 2.24) is 9.80 Å². The fourth-order valence-corrected chi connectivity index (χ4v) is 4.70. The van der Waals surface area contributed by atoms with Gasteiger partial charge in [-0.15, -0.1) is 0 Å². The summed E-state index contributed by atoms with van der Waals surface area (Å²) in [7, 11) is 0. The number of fused-ring (bicyclic) bond motifs is 3. The molecule has 26 heavy (non-hydrogen) atoms. The van der Waals surface area contributed by atoms with Crippen molar-refractivity contribution in [2.24, 2.45) is 5.92 Å². The fourth-order valence-electron chi connectivity index (χ4n) is 4.70. The van der Waals surface area contributed by atoms with E-state index < -0.39 is 23.6 Å². The molecule has 1 N–H and O–H groups in total. The van der Waals surface area contributed by atoms with Gasteiger partial charge in [-0.05, 0) is 31.2 Å². The summed E-state index contributed by atoms with van der Waals surface area (Å²) in [5.74, 6) is -2.24. The Balaban J connectivity index is 1.79. The Morgan fingerprint density at radius 1 is 1.23 bits per heavy atom. The molecule has 4 atom stereocenters. The van der Waals surface area contributed by atoms with Crippen LogP contribution in [0.5, 0.6) is 0 Å². The summed E-state index contributed by atoms with van der Waals surface area (Å²) >= 11 is 0. The number of piperazine rings is 1. The SMILES string of the molecule is CC(C)C1OC2(O)N(C1=O)C(Cc1ccccc1)C(=O)N1CCCC12C. The van der Waals surface area contributed by atoms with Crippen molar-refractivity contribution < 1.29 is 19.4 Å². The zero-order valence-corrected chi connectivity index (χ0v) is 15.5. The van der Waals surface area contributed by atoms with Gasteiger partial charge in [-0.3, -0.25) is 14.5 Å². The Morgan fingerprint density at radius 3 is 2.58 bits per heavy atom. The maximum Gasteiger partial charge on any atom is 0.277 e. The first kappa shape index (κ1) is 17.5. The van der Waals surface area contributed by atoms with Crippen LogP contribution >= 0.6 is 0 Å². The highest BCUT2D eigenvalue weighted by molar-refractivity contribution is 5.93. The van der Waals surface area contributed by atoms with Gasteiger partial charge < -0.3 is 14.7 Å². The molecule has 0 saturated carbocycles. The number of ether oxygens (including phenoxy) is 1. The van der Waals surface area contributed by atoms with Crippen LogP contribution in [-0.4, -0.2) is 56.9 Å². The van der Waals surface area contributed by atoms with Gasteiger partial charge in [-0.25, -0.2) is 0 Å². The summed E-state index contributed by atoms with van der Waals surface area (Å²) in [6, 6.07) is 8.86. The first-order chi connectivity index (χ1) is 12.3. The number of benzene rings is 1. The van der Waals surface area contributed by atoms with Crippen molar-refractivity contribution in [1.29, 1.82) is 0 Å². The topological polar surface area (TPSA) is 70.1 Å². The van der Waals surface area contributed by atoms with E-state index >= 15 is 0 Å². The van der Waals surface area contributed by atoms with Gasteiger partial charge in [0.1, 0.15) is 17.7 Å². The van der Waals surface area contributed by atoms with E-state index in [0.29, 0.717) is 19.4 Å². The number of nitrogens with zero attached hydrogens (tertiary/aromatic N) is 2. The van der Waals surface area contributed by atoms with E-state index in [4.69, 9.17) is 4.74 Å². The molecule has 0 radical (unpaired) electrons. The van der Waals surface area contributed by atoms with Crippen LogP contribution in [0.3, 0.4) is 0 Å². The quantitative estimate of drug-likeness (QED) is 0.889. The van der Waals surface area contributed by atoms with Crippen molar-refractivity contribution in [3.8, 4) is 0 Å². The molecule has 140 valence electrons. The monoisotopic (exact) mass is 358 g/mol. The number of carbonyl (C=O) groups is 2. The van der Waals surface area contributed by atoms with Crippen LogP contribution in [0.1, 0.15) is 39.2 Å². The third-order valence-electron chi connectivity index (χ3n) is 6.18. The average Bonchev–Trinajstić information content (AvgIpc) is 3.13. The molecule has 2 amide bonds. The van der Waals surface area contributed by atoms with Gasteiger partial charge in [0.2, 0.25) is 5.91 Å². The van der Waals surface area contributed by atoms with Crippen LogP contribution in [-0.2, 0) is 20.7 Å². The van der Waals surface area contributed by atoms with Crippen molar-refractivity contribution in [2.45, 2.75) is 63.6 Å². The van der Waals surface area contributed by atoms with Crippen molar-refractivity contribution >= 4 is 11.8 Å². The lowest BCUT2D eigenvalue weighted by Crippen LogP contribution is -2.76. The first-order valence-electron chi connectivity index (χ1n) is 9.38. The summed E-state index contributed by atoms with van der Waals surface area (Å²) in [5, 5.41) is 11.6. The molecule has 3 aliphatic rings. The predicted molar refractivity (Wildman–Crippen MR) is 94.8 cm³/mol. The molecular weight excluding hydrogens is 332 g/mol. The predicted octanol–water partition coefficient (Wildman–Crippen LogP) is 1.52. The lowest BCUT2D eigenvalue weighted by molar-refractivity contribution is -0.330. The summed E-state index contributed by atoms with van der Waals surface area (Å²) in [6.45, 7) is 6.21. The van der Waals surface area contributed by atoms with E-state index in [2.05, 4.69) is 0 Å². The van der Waals surface area contributed by atoms with Crippen LogP contribution in [0.4, 0.5) is 0 Å². The number of carbonyl (C=O) groups excluding carboxylic acids is 2. The Hall–Kier alpha value is -1.92. The summed E-state index contributed by atoms with van der Waals surface area (Å²) < 4.78 is 6.00. The van der Waals surface area contributed by atoms with Gasteiger partial charge in [0.15, 0.2) is 0 Å². The van der Waals surface area contributed by atoms with E-state index in [-0.39, 0.29) is 17.7 Å². The Kier molecular flexibility index (Phi) is 3.90. The van der Waals surface area contributed by atoms with E-state index in [1.54, 1.807) is 4.90 Å². The summed E-state index contributed by atoms with van der Waals surface area (Å²) in [4.78, 5) is 29.5. The average molecular weight is 358 g/mol. The molecule has 0 aromatic heterocycles. The highest BCUT2D eigenvalue weighted by Gasteiger charge is 2.71. The number of hydrogen-bond donors (Lipinski definition) is 1. The molecule has 1 aromatic carbocycles. The van der Waals surface area contributed by atoms with Gasteiger partial charge in [-0.1, -0.05) is 44.2 Å². The summed E-state index contributed by atoms with van der Waals surface area (Å²) in [5.41, 5.74) is 0.0492. The normalized spacial score (nSPS) is 36.7. The van der Waals surface area contributed by atoms with Crippen molar-refractivity contribution in [3.05, 3.63) is 35.9 Å². The molecule has 3 fully saturated rings. The number of hydrogen-bond acceptors (Lipinski definition) is 4. The van der Waals surface area contributed by atoms with E-state index in [1.165, 1.54) is 4.90 Å². The van der Waals surface area contributed by atoms with E-state index in [1.807, 2.05) is 51.1 Å². The lowest BCUT2D eigenvalue weighted by atomic mass is 9.86. The van der Waals surface area contributed by atoms with Crippen LogP contribution in [0.15, 0.2) is 30.3 Å². The third-order valence-corrected chi connectivity index (χ3v) is 6.18. The van der Waals surface area contributed by atoms with Crippen LogP contribution in [0, 0.1) is 5.92 Å². The molecule has 3 heterocycles. The molecule has 0 aliphatic carbocycles. The molecule has 1 aromatic rings. The first-order valence-corrected chi connectivity index (χ1v) is 9.38. The highest BCUT2D eigenvalue weighted by Crippen LogP contribution is 2.50. The number of amides is 2. The largest absolute Gasteiger partial charge is 0.347 e. The van der Waals surface area contributed by atoms with Crippen molar-refractivity contribution in [2.75, 3.05) is 6.54 Å². The molecule has 0 bridgehead atoms. The minimum absolute atomic E-state index is 0.0805. The maximum atomic E-state index is 13.3. The second-order valence-electron chi connectivity index (χ2n) is 8.17. The van der Waals surface area contributed by atoms with Crippen LogP contribution in [0.2, 0.25) is 0 Å². The molecule has 0 spiro atoms. The van der Waals surface area contributed by atoms with E-state index in [9.17, 15) is 14.7 Å². The van der Waals surface area contributed by atoms with Gasteiger partial charge in [0.05, 0.1) is 0 Å². The number of rotatable bonds is 3. The minimum atomic E-state index is -1.77. The molecule has 3 saturated heterocycles. The second kappa shape index (κ2) is 5.79. The van der Waals surface area contributed by atoms with Gasteiger partial charge in [0.25, 0.3) is 11.8 Å². The summed E-state index contributed by atoms with van der Waals surface area (Å²) in [6.07, 6.45) is 1.04. The van der Waals surface area contributed by atoms with Crippen LogP contribution in [0.25, 0.3) is 0 Å². The number of aliphatic hydroxyl groups is 1. The molecule has 3 aliphatic heterocycles. The highest BCUT2D eigenvalue weighted by atomic mass is 16.7. The molecule has 6 heteroatoms. The Labute approximate surface area is 153 Å². The molecule has 4 rings (SSSR count). The maximum absolute atomic E-state index is 13.3. The molecule has 4 unspecified atom stereocenters. The Bertz CT molecular complexity index is 737. The van der Waals surface area contributed by atoms with Crippen LogP contribution < -0.4 is 0 Å². The third kappa shape index (κ3) is 2.18. The van der Waals surface area contributed by atoms with Gasteiger partial charge in [0, 0.05) is 13.0 Å². The zero-order valence-electron chi connectivity index (χ0n) is 15.5. The van der Waals surface area contributed by atoms with Gasteiger partial charge >= 0.3 is 0 Å². The minimum Gasteiger partial charge on any atom is -0.347 e. The standard InChI is InChI=1S/C20H26N2O4/c1-13(2)16-18(24)22-15(12-14-8-5-4-6-9-14)17(23)21-11-7-10-19(21,3)20(22,25)26-16/h4-6,8-9,13,15-16,25H,7,10-12H2,1-3H3. The van der Waals surface area contributed by atoms with Crippen molar-refractivity contribution in [3.63, 3.8) is 0 Å². The smallest absolute Gasteiger partial charge is 0.277 e. The van der Waals surface area contributed by atoms with Gasteiger partial charge in [-0.2, -0.15) is 0 Å². The lowest BCUT2D eigenvalue weighted by Gasteiger charge is -2.55.